The summed E-state index contributed by atoms with van der Waals surface area (Å²) in [6, 6.07) is 12.4. The molecule has 0 aliphatic carbocycles. The van der Waals surface area contributed by atoms with E-state index in [0.29, 0.717) is 29.9 Å². The minimum Gasteiger partial charge on any atom is -0.379 e. The maximum Gasteiger partial charge on any atom is 0.243 e. The summed E-state index contributed by atoms with van der Waals surface area (Å²) in [6.07, 6.45) is 0. The Balaban J connectivity index is 1.70. The van der Waals surface area contributed by atoms with Crippen molar-refractivity contribution in [2.45, 2.75) is 17.6 Å². The fraction of sp³-hybridized carbons (Fsp3) is 0.333. The zero-order valence-corrected chi connectivity index (χ0v) is 19.1. The SMILES string of the molecule is Cc1ccc(NC(=O)CS(=O)(=O)Cc2ccc(C#N)cc2)cc1S(=O)(=O)N1CCOCC1. The van der Waals surface area contributed by atoms with E-state index in [-0.39, 0.29) is 29.4 Å². The lowest BCUT2D eigenvalue weighted by atomic mass is 10.2. The van der Waals surface area contributed by atoms with E-state index in [9.17, 15) is 21.6 Å². The molecule has 0 saturated carbocycles. The van der Waals surface area contributed by atoms with E-state index in [0.717, 1.165) is 0 Å². The number of aryl methyl sites for hydroxylation is 1. The Bertz CT molecular complexity index is 1240. The molecule has 1 heterocycles. The first-order valence-electron chi connectivity index (χ1n) is 9.78. The molecule has 11 heteroatoms. The second kappa shape index (κ2) is 9.79. The number of sulfone groups is 1. The van der Waals surface area contributed by atoms with Gasteiger partial charge in [-0.05, 0) is 42.3 Å². The predicted molar refractivity (Wildman–Crippen MR) is 118 cm³/mol. The first-order chi connectivity index (χ1) is 15.1. The fourth-order valence-corrected chi connectivity index (χ4v) is 6.19. The minimum absolute atomic E-state index is 0.0534. The molecule has 1 saturated heterocycles. The molecule has 1 amide bonds. The van der Waals surface area contributed by atoms with Gasteiger partial charge in [-0.1, -0.05) is 18.2 Å². The molecule has 0 spiro atoms. The molecule has 170 valence electrons. The van der Waals surface area contributed by atoms with Crippen molar-refractivity contribution in [2.75, 3.05) is 37.4 Å². The Hall–Kier alpha value is -2.78. The lowest BCUT2D eigenvalue weighted by Gasteiger charge is -2.26. The van der Waals surface area contributed by atoms with Gasteiger partial charge in [0.1, 0.15) is 5.75 Å². The first kappa shape index (κ1) is 23.9. The lowest BCUT2D eigenvalue weighted by molar-refractivity contribution is -0.113. The zero-order valence-electron chi connectivity index (χ0n) is 17.4. The van der Waals surface area contributed by atoms with Crippen LogP contribution in [0.15, 0.2) is 47.4 Å². The number of rotatable bonds is 7. The van der Waals surface area contributed by atoms with E-state index in [2.05, 4.69) is 5.32 Å². The van der Waals surface area contributed by atoms with Crippen LogP contribution in [0.5, 0.6) is 0 Å². The summed E-state index contributed by atoms with van der Waals surface area (Å²) in [7, 11) is -7.54. The minimum atomic E-state index is -3.77. The van der Waals surface area contributed by atoms with Crippen LogP contribution in [0.3, 0.4) is 0 Å². The van der Waals surface area contributed by atoms with Crippen LogP contribution in [0.4, 0.5) is 5.69 Å². The third-order valence-corrected chi connectivity index (χ3v) is 8.40. The molecule has 0 bridgehead atoms. The number of benzene rings is 2. The predicted octanol–water partition coefficient (Wildman–Crippen LogP) is 1.44. The van der Waals surface area contributed by atoms with Gasteiger partial charge in [0.2, 0.25) is 15.9 Å². The number of carbonyl (C=O) groups is 1. The second-order valence-corrected chi connectivity index (χ2v) is 11.4. The van der Waals surface area contributed by atoms with Crippen molar-refractivity contribution in [1.29, 1.82) is 5.26 Å². The first-order valence-corrected chi connectivity index (χ1v) is 13.0. The molecule has 1 aliphatic rings. The molecule has 1 N–H and O–H groups in total. The average molecular weight is 478 g/mol. The third kappa shape index (κ3) is 5.92. The van der Waals surface area contributed by atoms with E-state index in [1.807, 2.05) is 6.07 Å². The monoisotopic (exact) mass is 477 g/mol. The second-order valence-electron chi connectivity index (χ2n) is 7.39. The smallest absolute Gasteiger partial charge is 0.243 e. The quantitative estimate of drug-likeness (QED) is 0.638. The molecule has 0 unspecified atom stereocenters. The van der Waals surface area contributed by atoms with Gasteiger partial charge < -0.3 is 10.1 Å². The van der Waals surface area contributed by atoms with Crippen molar-refractivity contribution >= 4 is 31.5 Å². The van der Waals surface area contributed by atoms with Gasteiger partial charge in [-0.15, -0.1) is 0 Å². The summed E-state index contributed by atoms with van der Waals surface area (Å²) >= 11 is 0. The molecule has 2 aromatic rings. The number of ether oxygens (including phenoxy) is 1. The summed E-state index contributed by atoms with van der Waals surface area (Å²) in [4.78, 5) is 12.4. The summed E-state index contributed by atoms with van der Waals surface area (Å²) in [5, 5.41) is 11.3. The number of hydrogen-bond donors (Lipinski definition) is 1. The van der Waals surface area contributed by atoms with Gasteiger partial charge in [0.25, 0.3) is 0 Å². The fourth-order valence-electron chi connectivity index (χ4n) is 3.26. The highest BCUT2D eigenvalue weighted by Crippen LogP contribution is 2.24. The highest BCUT2D eigenvalue weighted by molar-refractivity contribution is 7.91. The van der Waals surface area contributed by atoms with Crippen molar-refractivity contribution < 1.29 is 26.4 Å². The van der Waals surface area contributed by atoms with Crippen molar-refractivity contribution in [1.82, 2.24) is 4.31 Å². The highest BCUT2D eigenvalue weighted by atomic mass is 32.2. The normalized spacial score (nSPS) is 15.1. The highest BCUT2D eigenvalue weighted by Gasteiger charge is 2.28. The molecular weight excluding hydrogens is 454 g/mol. The van der Waals surface area contributed by atoms with E-state index in [4.69, 9.17) is 10.00 Å². The molecule has 0 aromatic heterocycles. The van der Waals surface area contributed by atoms with E-state index < -0.39 is 31.5 Å². The number of anilines is 1. The Morgan fingerprint density at radius 3 is 2.38 bits per heavy atom. The van der Waals surface area contributed by atoms with Crippen LogP contribution >= 0.6 is 0 Å². The van der Waals surface area contributed by atoms with Crippen molar-refractivity contribution in [2.24, 2.45) is 0 Å². The summed E-state index contributed by atoms with van der Waals surface area (Å²) < 4.78 is 57.3. The molecule has 32 heavy (non-hydrogen) atoms. The van der Waals surface area contributed by atoms with E-state index in [1.54, 1.807) is 13.0 Å². The number of morpholine rings is 1. The molecule has 3 rings (SSSR count). The summed E-state index contributed by atoms with van der Waals surface area (Å²) in [6.45, 7) is 2.76. The number of carbonyl (C=O) groups excluding carboxylic acids is 1. The molecule has 1 aliphatic heterocycles. The molecule has 0 radical (unpaired) electrons. The number of sulfonamides is 1. The van der Waals surface area contributed by atoms with Gasteiger partial charge in [-0.3, -0.25) is 4.79 Å². The van der Waals surface area contributed by atoms with E-state index in [1.165, 1.54) is 40.7 Å². The van der Waals surface area contributed by atoms with Crippen molar-refractivity contribution in [3.05, 3.63) is 59.2 Å². The molecule has 2 aromatic carbocycles. The van der Waals surface area contributed by atoms with Gasteiger partial charge in [0.05, 0.1) is 35.5 Å². The van der Waals surface area contributed by atoms with Crippen LogP contribution in [-0.2, 0) is 35.1 Å². The summed E-state index contributed by atoms with van der Waals surface area (Å²) in [5.74, 6) is -1.87. The topological polar surface area (TPSA) is 134 Å². The maximum atomic E-state index is 13.0. The zero-order chi connectivity index (χ0) is 23.4. The number of hydrogen-bond acceptors (Lipinski definition) is 7. The largest absolute Gasteiger partial charge is 0.379 e. The van der Waals surface area contributed by atoms with Crippen molar-refractivity contribution in [3.63, 3.8) is 0 Å². The maximum absolute atomic E-state index is 13.0. The average Bonchev–Trinajstić information content (AvgIpc) is 2.75. The van der Waals surface area contributed by atoms with E-state index >= 15 is 0 Å². The van der Waals surface area contributed by atoms with Crippen LogP contribution in [0, 0.1) is 18.3 Å². The number of nitriles is 1. The summed E-state index contributed by atoms with van der Waals surface area (Å²) in [5.41, 5.74) is 1.58. The number of amides is 1. The third-order valence-electron chi connectivity index (χ3n) is 4.88. The van der Waals surface area contributed by atoms with Gasteiger partial charge in [-0.25, -0.2) is 16.8 Å². The standard InChI is InChI=1S/C21H23N3O6S2/c1-16-2-7-19(12-20(16)32(28,29)24-8-10-30-11-9-24)23-21(25)15-31(26,27)14-18-5-3-17(13-22)4-6-18/h2-7,12H,8-11,14-15H2,1H3,(H,23,25). The van der Waals surface area contributed by atoms with Gasteiger partial charge in [0, 0.05) is 18.8 Å². The molecule has 9 nitrogen and oxygen atoms in total. The van der Waals surface area contributed by atoms with Crippen LogP contribution in [0.2, 0.25) is 0 Å². The molecular formula is C21H23N3O6S2. The van der Waals surface area contributed by atoms with Gasteiger partial charge in [-0.2, -0.15) is 9.57 Å². The molecule has 1 fully saturated rings. The number of nitrogens with one attached hydrogen (secondary N) is 1. The number of nitrogens with zero attached hydrogens (tertiary/aromatic N) is 2. The van der Waals surface area contributed by atoms with Crippen LogP contribution in [0.1, 0.15) is 16.7 Å². The Morgan fingerprint density at radius 1 is 1.09 bits per heavy atom. The molecule has 0 atom stereocenters. The van der Waals surface area contributed by atoms with Crippen LogP contribution < -0.4 is 5.32 Å². The Morgan fingerprint density at radius 2 is 1.75 bits per heavy atom. The van der Waals surface area contributed by atoms with Crippen LogP contribution in [-0.4, -0.2) is 59.1 Å². The van der Waals surface area contributed by atoms with Gasteiger partial charge >= 0.3 is 0 Å². The van der Waals surface area contributed by atoms with Gasteiger partial charge in [0.15, 0.2) is 9.84 Å². The lowest BCUT2D eigenvalue weighted by Crippen LogP contribution is -2.40. The Kier molecular flexibility index (Phi) is 7.30. The Labute approximate surface area is 187 Å². The van der Waals surface area contributed by atoms with Crippen LogP contribution in [0.25, 0.3) is 0 Å². The van der Waals surface area contributed by atoms with Crippen molar-refractivity contribution in [3.8, 4) is 6.07 Å².